The van der Waals surface area contributed by atoms with Crippen molar-refractivity contribution in [2.24, 2.45) is 5.92 Å². The third kappa shape index (κ3) is 1.80. The molecule has 0 aromatic carbocycles. The molecule has 0 amide bonds. The predicted octanol–water partition coefficient (Wildman–Crippen LogP) is 0.0213. The van der Waals surface area contributed by atoms with Crippen LogP contribution in [0.15, 0.2) is 6.33 Å². The topological polar surface area (TPSA) is 77.0 Å². The summed E-state index contributed by atoms with van der Waals surface area (Å²) in [7, 11) is 0. The van der Waals surface area contributed by atoms with Crippen LogP contribution in [0, 0.1) is 5.92 Å². The van der Waals surface area contributed by atoms with Crippen LogP contribution >= 0.6 is 0 Å². The normalized spacial score (nSPS) is 19.8. The van der Waals surface area contributed by atoms with Gasteiger partial charge in [0.25, 0.3) is 0 Å². The molecule has 1 aliphatic rings. The average Bonchev–Trinajstić information content (AvgIpc) is 2.31. The summed E-state index contributed by atoms with van der Waals surface area (Å²) in [5.74, 6) is 0.714. The molecule has 2 rings (SSSR count). The van der Waals surface area contributed by atoms with Gasteiger partial charge in [0.1, 0.15) is 6.33 Å². The highest BCUT2D eigenvalue weighted by Gasteiger charge is 2.25. The van der Waals surface area contributed by atoms with Gasteiger partial charge in [-0.3, -0.25) is 0 Å². The second kappa shape index (κ2) is 3.33. The first-order chi connectivity index (χ1) is 6.25. The summed E-state index contributed by atoms with van der Waals surface area (Å²) in [5, 5.41) is 13.6. The second-order valence-electron chi connectivity index (χ2n) is 3.58. The Balaban J connectivity index is 1.89. The van der Waals surface area contributed by atoms with E-state index in [0.29, 0.717) is 12.5 Å². The Morgan fingerprint density at radius 2 is 2.46 bits per heavy atom. The van der Waals surface area contributed by atoms with E-state index in [1.54, 1.807) is 11.0 Å². The van der Waals surface area contributed by atoms with E-state index >= 15 is 0 Å². The van der Waals surface area contributed by atoms with E-state index in [1.165, 1.54) is 6.42 Å². The quantitative estimate of drug-likeness (QED) is 0.691. The lowest BCUT2D eigenvalue weighted by Gasteiger charge is -2.29. The van der Waals surface area contributed by atoms with Crippen LogP contribution < -0.4 is 5.73 Å². The number of hydrogen-bond donors (Lipinski definition) is 2. The predicted molar refractivity (Wildman–Crippen MR) is 47.8 cm³/mol. The Kier molecular flexibility index (Phi) is 2.18. The molecule has 1 unspecified atom stereocenters. The molecule has 0 spiro atoms. The van der Waals surface area contributed by atoms with Crippen molar-refractivity contribution in [3.05, 3.63) is 6.33 Å². The van der Waals surface area contributed by atoms with Crippen LogP contribution in [0.2, 0.25) is 0 Å². The lowest BCUT2D eigenvalue weighted by atomic mass is 9.81. The van der Waals surface area contributed by atoms with Gasteiger partial charge in [-0.2, -0.15) is 0 Å². The summed E-state index contributed by atoms with van der Waals surface area (Å²) in [6, 6.07) is 0. The summed E-state index contributed by atoms with van der Waals surface area (Å²) in [5.41, 5.74) is 5.35. The van der Waals surface area contributed by atoms with Crippen LogP contribution in [0.1, 0.15) is 19.3 Å². The Hall–Kier alpha value is -1.10. The van der Waals surface area contributed by atoms with Crippen molar-refractivity contribution < 1.29 is 5.11 Å². The molecule has 1 aliphatic carbocycles. The molecule has 1 heterocycles. The zero-order valence-electron chi connectivity index (χ0n) is 7.43. The van der Waals surface area contributed by atoms with Gasteiger partial charge in [-0.05, 0) is 18.8 Å². The second-order valence-corrected chi connectivity index (χ2v) is 3.58. The fourth-order valence-corrected chi connectivity index (χ4v) is 1.56. The van der Waals surface area contributed by atoms with Crippen molar-refractivity contribution >= 4 is 5.95 Å². The van der Waals surface area contributed by atoms with E-state index in [-0.39, 0.29) is 12.1 Å². The van der Waals surface area contributed by atoms with Gasteiger partial charge in [0.15, 0.2) is 0 Å². The molecule has 1 aromatic heterocycles. The third-order valence-corrected chi connectivity index (χ3v) is 2.62. The summed E-state index contributed by atoms with van der Waals surface area (Å²) < 4.78 is 1.60. The van der Waals surface area contributed by atoms with E-state index in [9.17, 15) is 5.11 Å². The Morgan fingerprint density at radius 3 is 2.92 bits per heavy atom. The number of anilines is 1. The van der Waals surface area contributed by atoms with Crippen molar-refractivity contribution in [2.75, 3.05) is 5.73 Å². The Morgan fingerprint density at radius 1 is 1.69 bits per heavy atom. The van der Waals surface area contributed by atoms with Gasteiger partial charge in [0, 0.05) is 0 Å². The van der Waals surface area contributed by atoms with Gasteiger partial charge in [-0.15, -0.1) is 5.10 Å². The van der Waals surface area contributed by atoms with Crippen molar-refractivity contribution in [1.82, 2.24) is 14.8 Å². The standard InChI is InChI=1S/C8H14N4O/c9-8-10-5-12(11-8)4-7(13)6-2-1-3-6/h5-7,13H,1-4H2,(H2,9,11). The largest absolute Gasteiger partial charge is 0.391 e. The number of rotatable bonds is 3. The first-order valence-electron chi connectivity index (χ1n) is 4.58. The van der Waals surface area contributed by atoms with E-state index in [1.807, 2.05) is 0 Å². The molecule has 0 aliphatic heterocycles. The molecule has 13 heavy (non-hydrogen) atoms. The van der Waals surface area contributed by atoms with E-state index in [4.69, 9.17) is 5.73 Å². The molecular formula is C8H14N4O. The molecule has 72 valence electrons. The summed E-state index contributed by atoms with van der Waals surface area (Å²) in [6.45, 7) is 0.509. The molecule has 3 N–H and O–H groups in total. The van der Waals surface area contributed by atoms with E-state index < -0.39 is 0 Å². The fraction of sp³-hybridized carbons (Fsp3) is 0.750. The first-order valence-corrected chi connectivity index (χ1v) is 4.58. The average molecular weight is 182 g/mol. The molecule has 0 radical (unpaired) electrons. The minimum atomic E-state index is -0.296. The van der Waals surface area contributed by atoms with Crippen LogP contribution in [0.25, 0.3) is 0 Å². The number of aromatic nitrogens is 3. The van der Waals surface area contributed by atoms with Gasteiger partial charge < -0.3 is 10.8 Å². The maximum absolute atomic E-state index is 9.70. The molecule has 5 nitrogen and oxygen atoms in total. The van der Waals surface area contributed by atoms with Crippen molar-refractivity contribution in [2.45, 2.75) is 31.9 Å². The van der Waals surface area contributed by atoms with Crippen molar-refractivity contribution in [1.29, 1.82) is 0 Å². The Labute approximate surface area is 76.6 Å². The fourth-order valence-electron chi connectivity index (χ4n) is 1.56. The summed E-state index contributed by atoms with van der Waals surface area (Å²) >= 11 is 0. The molecule has 1 fully saturated rings. The van der Waals surface area contributed by atoms with E-state index in [2.05, 4.69) is 10.1 Å². The highest BCUT2D eigenvalue weighted by molar-refractivity contribution is 5.09. The number of nitrogens with zero attached hydrogens (tertiary/aromatic N) is 3. The van der Waals surface area contributed by atoms with E-state index in [0.717, 1.165) is 12.8 Å². The smallest absolute Gasteiger partial charge is 0.239 e. The zero-order chi connectivity index (χ0) is 9.26. The van der Waals surface area contributed by atoms with Gasteiger partial charge in [-0.1, -0.05) is 6.42 Å². The Bertz CT molecular complexity index is 281. The molecule has 1 aromatic rings. The van der Waals surface area contributed by atoms with Crippen LogP contribution in [0.4, 0.5) is 5.95 Å². The number of aliphatic hydroxyl groups excluding tert-OH is 1. The molecule has 1 atom stereocenters. The maximum atomic E-state index is 9.70. The molecule has 0 saturated heterocycles. The number of aliphatic hydroxyl groups is 1. The molecule has 0 bridgehead atoms. The minimum absolute atomic E-state index is 0.265. The first kappa shape index (κ1) is 8.50. The van der Waals surface area contributed by atoms with Crippen LogP contribution in [-0.4, -0.2) is 26.0 Å². The minimum Gasteiger partial charge on any atom is -0.391 e. The van der Waals surface area contributed by atoms with Crippen LogP contribution in [-0.2, 0) is 6.54 Å². The zero-order valence-corrected chi connectivity index (χ0v) is 7.43. The third-order valence-electron chi connectivity index (χ3n) is 2.62. The molecular weight excluding hydrogens is 168 g/mol. The van der Waals surface area contributed by atoms with Gasteiger partial charge in [0.2, 0.25) is 5.95 Å². The maximum Gasteiger partial charge on any atom is 0.239 e. The van der Waals surface area contributed by atoms with Gasteiger partial charge >= 0.3 is 0 Å². The number of nitrogens with two attached hydrogens (primary N) is 1. The highest BCUT2D eigenvalue weighted by Crippen LogP contribution is 2.29. The van der Waals surface area contributed by atoms with Crippen LogP contribution in [0.3, 0.4) is 0 Å². The van der Waals surface area contributed by atoms with Crippen molar-refractivity contribution in [3.63, 3.8) is 0 Å². The monoisotopic (exact) mass is 182 g/mol. The van der Waals surface area contributed by atoms with Crippen molar-refractivity contribution in [3.8, 4) is 0 Å². The summed E-state index contributed by atoms with van der Waals surface area (Å²) in [6.07, 6.45) is 4.75. The SMILES string of the molecule is Nc1ncn(CC(O)C2CCC2)n1. The van der Waals surface area contributed by atoms with Crippen LogP contribution in [0.5, 0.6) is 0 Å². The number of nitrogen functional groups attached to an aromatic ring is 1. The lowest BCUT2D eigenvalue weighted by molar-refractivity contribution is 0.0460. The lowest BCUT2D eigenvalue weighted by Crippen LogP contribution is -2.30. The molecule has 1 saturated carbocycles. The van der Waals surface area contributed by atoms with Gasteiger partial charge in [-0.25, -0.2) is 9.67 Å². The molecule has 5 heteroatoms. The highest BCUT2D eigenvalue weighted by atomic mass is 16.3. The summed E-state index contributed by atoms with van der Waals surface area (Å²) in [4.78, 5) is 3.79. The number of hydrogen-bond acceptors (Lipinski definition) is 4. The van der Waals surface area contributed by atoms with Gasteiger partial charge in [0.05, 0.1) is 12.6 Å².